The van der Waals surface area contributed by atoms with Crippen LogP contribution in [0.25, 0.3) is 0 Å². The van der Waals surface area contributed by atoms with Crippen molar-refractivity contribution >= 4 is 17.8 Å². The maximum absolute atomic E-state index is 12.4. The Hall–Kier alpha value is -3.35. The fourth-order valence-corrected chi connectivity index (χ4v) is 3.10. The molecule has 2 aromatic rings. The van der Waals surface area contributed by atoms with Gasteiger partial charge < -0.3 is 14.2 Å². The molecule has 0 fully saturated rings. The Bertz CT molecular complexity index is 904. The van der Waals surface area contributed by atoms with Crippen LogP contribution in [0.15, 0.2) is 42.5 Å². The quantitative estimate of drug-likeness (QED) is 0.337. The molecule has 0 unspecified atom stereocenters. The molecule has 30 heavy (non-hydrogen) atoms. The van der Waals surface area contributed by atoms with Crippen LogP contribution >= 0.6 is 0 Å². The second kappa shape index (κ2) is 9.91. The lowest BCUT2D eigenvalue weighted by molar-refractivity contribution is 0.0420. The third-order valence-corrected chi connectivity index (χ3v) is 4.66. The van der Waals surface area contributed by atoms with E-state index in [4.69, 9.17) is 14.2 Å². The van der Waals surface area contributed by atoms with E-state index in [0.29, 0.717) is 41.4 Å². The number of nitrogens with zero attached hydrogens (tertiary/aromatic N) is 1. The Morgan fingerprint density at radius 2 is 1.60 bits per heavy atom. The van der Waals surface area contributed by atoms with Crippen LogP contribution in [0.1, 0.15) is 57.8 Å². The largest absolute Gasteiger partial charge is 0.490 e. The summed E-state index contributed by atoms with van der Waals surface area (Å²) in [5, 5.41) is 0. The minimum atomic E-state index is -0.562. The van der Waals surface area contributed by atoms with Crippen molar-refractivity contribution in [1.29, 1.82) is 0 Å². The standard InChI is InChI=1S/C23H25NO6/c1-3-5-13-29-19-11-10-16(15-20(19)28-4-2)23(27)30-14-12-24-21(25)17-8-6-7-9-18(17)22(24)26/h6-11,15H,3-5,12-14H2,1-2H3. The average Bonchev–Trinajstić information content (AvgIpc) is 3.00. The van der Waals surface area contributed by atoms with E-state index >= 15 is 0 Å². The SMILES string of the molecule is CCCCOc1ccc(C(=O)OCCN2C(=O)c3ccccc3C2=O)cc1OCC. The van der Waals surface area contributed by atoms with Gasteiger partial charge in [-0.2, -0.15) is 0 Å². The molecule has 0 aromatic heterocycles. The number of rotatable bonds is 10. The molecule has 0 N–H and O–H groups in total. The third-order valence-electron chi connectivity index (χ3n) is 4.66. The Morgan fingerprint density at radius 3 is 2.23 bits per heavy atom. The summed E-state index contributed by atoms with van der Waals surface area (Å²) in [4.78, 5) is 38.2. The summed E-state index contributed by atoms with van der Waals surface area (Å²) >= 11 is 0. The number of hydrogen-bond acceptors (Lipinski definition) is 6. The summed E-state index contributed by atoms with van der Waals surface area (Å²) in [6.45, 7) is 4.83. The van der Waals surface area contributed by atoms with Crippen LogP contribution in [0.5, 0.6) is 11.5 Å². The molecule has 0 bridgehead atoms. The Labute approximate surface area is 175 Å². The van der Waals surface area contributed by atoms with E-state index in [2.05, 4.69) is 6.92 Å². The molecule has 2 amide bonds. The van der Waals surface area contributed by atoms with Gasteiger partial charge in [0.1, 0.15) is 6.61 Å². The van der Waals surface area contributed by atoms with Gasteiger partial charge in [0.2, 0.25) is 0 Å². The maximum atomic E-state index is 12.4. The summed E-state index contributed by atoms with van der Waals surface area (Å²) in [7, 11) is 0. The number of amides is 2. The highest BCUT2D eigenvalue weighted by molar-refractivity contribution is 6.21. The molecular formula is C23H25NO6. The minimum Gasteiger partial charge on any atom is -0.490 e. The number of carbonyl (C=O) groups excluding carboxylic acids is 3. The molecule has 1 aliphatic rings. The number of esters is 1. The van der Waals surface area contributed by atoms with Crippen molar-refractivity contribution in [3.05, 3.63) is 59.2 Å². The zero-order valence-corrected chi connectivity index (χ0v) is 17.2. The van der Waals surface area contributed by atoms with Gasteiger partial charge in [-0.25, -0.2) is 4.79 Å². The molecule has 0 radical (unpaired) electrons. The second-order valence-corrected chi connectivity index (χ2v) is 6.74. The van der Waals surface area contributed by atoms with Crippen LogP contribution in [0.2, 0.25) is 0 Å². The topological polar surface area (TPSA) is 82.1 Å². The Kier molecular flexibility index (Phi) is 7.06. The summed E-state index contributed by atoms with van der Waals surface area (Å²) in [5.74, 6) is -0.262. The number of unbranched alkanes of at least 4 members (excludes halogenated alkanes) is 1. The Balaban J connectivity index is 1.59. The van der Waals surface area contributed by atoms with Gasteiger partial charge in [-0.05, 0) is 43.7 Å². The number of hydrogen-bond donors (Lipinski definition) is 0. The van der Waals surface area contributed by atoms with Crippen molar-refractivity contribution in [2.75, 3.05) is 26.4 Å². The van der Waals surface area contributed by atoms with Gasteiger partial charge in [-0.3, -0.25) is 14.5 Å². The fourth-order valence-electron chi connectivity index (χ4n) is 3.10. The Morgan fingerprint density at radius 1 is 0.900 bits per heavy atom. The average molecular weight is 411 g/mol. The lowest BCUT2D eigenvalue weighted by Crippen LogP contribution is -2.33. The van der Waals surface area contributed by atoms with E-state index in [1.807, 2.05) is 6.92 Å². The first-order valence-corrected chi connectivity index (χ1v) is 10.1. The second-order valence-electron chi connectivity index (χ2n) is 6.74. The van der Waals surface area contributed by atoms with Crippen LogP contribution in [-0.4, -0.2) is 49.0 Å². The monoisotopic (exact) mass is 411 g/mol. The van der Waals surface area contributed by atoms with Crippen molar-refractivity contribution in [1.82, 2.24) is 4.90 Å². The minimum absolute atomic E-state index is 0.00534. The molecule has 2 aromatic carbocycles. The van der Waals surface area contributed by atoms with Gasteiger partial charge in [0.05, 0.1) is 36.4 Å². The highest BCUT2D eigenvalue weighted by Gasteiger charge is 2.34. The first kappa shape index (κ1) is 21.4. The van der Waals surface area contributed by atoms with Crippen molar-refractivity contribution in [2.24, 2.45) is 0 Å². The first-order valence-electron chi connectivity index (χ1n) is 10.1. The van der Waals surface area contributed by atoms with Crippen molar-refractivity contribution in [3.63, 3.8) is 0 Å². The molecule has 0 saturated heterocycles. The predicted molar refractivity (Wildman–Crippen MR) is 110 cm³/mol. The molecule has 0 spiro atoms. The van der Waals surface area contributed by atoms with Gasteiger partial charge in [0, 0.05) is 0 Å². The molecule has 1 heterocycles. The number of imide groups is 1. The van der Waals surface area contributed by atoms with Crippen molar-refractivity contribution < 1.29 is 28.6 Å². The van der Waals surface area contributed by atoms with E-state index in [1.165, 1.54) is 0 Å². The van der Waals surface area contributed by atoms with E-state index in [0.717, 1.165) is 17.7 Å². The molecule has 0 aliphatic carbocycles. The van der Waals surface area contributed by atoms with Crippen LogP contribution in [0.3, 0.4) is 0 Å². The molecule has 0 saturated carbocycles. The fraction of sp³-hybridized carbons (Fsp3) is 0.348. The summed E-state index contributed by atoms with van der Waals surface area (Å²) in [5.41, 5.74) is 1.05. The highest BCUT2D eigenvalue weighted by Crippen LogP contribution is 2.29. The molecular weight excluding hydrogens is 386 g/mol. The van der Waals surface area contributed by atoms with E-state index < -0.39 is 5.97 Å². The number of fused-ring (bicyclic) bond motifs is 1. The van der Waals surface area contributed by atoms with Gasteiger partial charge in [0.25, 0.3) is 11.8 Å². The lowest BCUT2D eigenvalue weighted by atomic mass is 10.1. The van der Waals surface area contributed by atoms with Gasteiger partial charge in [-0.1, -0.05) is 25.5 Å². The predicted octanol–water partition coefficient (Wildman–Crippen LogP) is 3.72. The van der Waals surface area contributed by atoms with Crippen molar-refractivity contribution in [2.45, 2.75) is 26.7 Å². The molecule has 7 heteroatoms. The van der Waals surface area contributed by atoms with Crippen molar-refractivity contribution in [3.8, 4) is 11.5 Å². The van der Waals surface area contributed by atoms with Crippen LogP contribution < -0.4 is 9.47 Å². The first-order chi connectivity index (χ1) is 14.6. The van der Waals surface area contributed by atoms with Gasteiger partial charge in [-0.15, -0.1) is 0 Å². The summed E-state index contributed by atoms with van der Waals surface area (Å²) in [6, 6.07) is 11.5. The van der Waals surface area contributed by atoms with E-state index in [9.17, 15) is 14.4 Å². The maximum Gasteiger partial charge on any atom is 0.338 e. The van der Waals surface area contributed by atoms with Crippen LogP contribution in [0, 0.1) is 0 Å². The zero-order valence-electron chi connectivity index (χ0n) is 17.2. The van der Waals surface area contributed by atoms with Crippen LogP contribution in [0.4, 0.5) is 0 Å². The van der Waals surface area contributed by atoms with Crippen LogP contribution in [-0.2, 0) is 4.74 Å². The summed E-state index contributed by atoms with van der Waals surface area (Å²) in [6.07, 6.45) is 1.94. The number of benzene rings is 2. The number of ether oxygens (including phenoxy) is 3. The van der Waals surface area contributed by atoms with E-state index in [1.54, 1.807) is 42.5 Å². The third kappa shape index (κ3) is 4.62. The molecule has 7 nitrogen and oxygen atoms in total. The number of carbonyl (C=O) groups is 3. The summed E-state index contributed by atoms with van der Waals surface area (Å²) < 4.78 is 16.6. The van der Waals surface area contributed by atoms with Gasteiger partial charge in [0.15, 0.2) is 11.5 Å². The molecule has 1 aliphatic heterocycles. The highest BCUT2D eigenvalue weighted by atomic mass is 16.5. The normalized spacial score (nSPS) is 12.7. The zero-order chi connectivity index (χ0) is 21.5. The molecule has 158 valence electrons. The molecule has 0 atom stereocenters. The van der Waals surface area contributed by atoms with E-state index in [-0.39, 0.29) is 25.0 Å². The lowest BCUT2D eigenvalue weighted by Gasteiger charge is -2.15. The van der Waals surface area contributed by atoms with Gasteiger partial charge >= 0.3 is 5.97 Å². The molecule has 3 rings (SSSR count). The smallest absolute Gasteiger partial charge is 0.338 e.